The third-order valence-corrected chi connectivity index (χ3v) is 4.14. The van der Waals surface area contributed by atoms with E-state index < -0.39 is 0 Å². The standard InChI is InChI=1S/C10H15ClN2S/c1-13-4-2-7(6-13)9(12)8-3-5-14-10(8)11/h3,5,7,9H,2,4,6,12H2,1H3. The van der Waals surface area contributed by atoms with Crippen LogP contribution in [0.2, 0.25) is 4.34 Å². The van der Waals surface area contributed by atoms with Gasteiger partial charge in [-0.15, -0.1) is 11.3 Å². The summed E-state index contributed by atoms with van der Waals surface area (Å²) in [6.07, 6.45) is 1.18. The molecule has 1 aliphatic rings. The molecule has 0 spiro atoms. The minimum atomic E-state index is 0.110. The molecule has 2 atom stereocenters. The highest BCUT2D eigenvalue weighted by atomic mass is 35.5. The minimum absolute atomic E-state index is 0.110. The molecule has 0 amide bonds. The lowest BCUT2D eigenvalue weighted by atomic mass is 9.95. The van der Waals surface area contributed by atoms with Crippen molar-refractivity contribution < 1.29 is 0 Å². The predicted octanol–water partition coefficient (Wildman–Crippen LogP) is 2.35. The second-order valence-corrected chi connectivity index (χ2v) is 5.50. The van der Waals surface area contributed by atoms with Crippen molar-refractivity contribution in [3.63, 3.8) is 0 Å². The van der Waals surface area contributed by atoms with Crippen molar-refractivity contribution in [2.45, 2.75) is 12.5 Å². The first kappa shape index (κ1) is 10.4. The molecule has 0 bridgehead atoms. The lowest BCUT2D eigenvalue weighted by molar-refractivity contribution is 0.373. The van der Waals surface area contributed by atoms with Crippen LogP contribution in [0.3, 0.4) is 0 Å². The van der Waals surface area contributed by atoms with Crippen molar-refractivity contribution in [3.05, 3.63) is 21.3 Å². The van der Waals surface area contributed by atoms with Gasteiger partial charge in [-0.2, -0.15) is 0 Å². The van der Waals surface area contributed by atoms with E-state index in [0.717, 1.165) is 23.0 Å². The SMILES string of the molecule is CN1CCC(C(N)c2ccsc2Cl)C1. The fraction of sp³-hybridized carbons (Fsp3) is 0.600. The van der Waals surface area contributed by atoms with Crippen molar-refractivity contribution in [1.82, 2.24) is 4.90 Å². The summed E-state index contributed by atoms with van der Waals surface area (Å²) in [6.45, 7) is 2.24. The van der Waals surface area contributed by atoms with Crippen molar-refractivity contribution in [2.75, 3.05) is 20.1 Å². The molecule has 2 heterocycles. The monoisotopic (exact) mass is 230 g/mol. The largest absolute Gasteiger partial charge is 0.324 e. The van der Waals surface area contributed by atoms with Crippen molar-refractivity contribution >= 4 is 22.9 Å². The Balaban J connectivity index is 2.09. The van der Waals surface area contributed by atoms with Crippen LogP contribution in [0.15, 0.2) is 11.4 Å². The number of hydrogen-bond acceptors (Lipinski definition) is 3. The fourth-order valence-electron chi connectivity index (χ4n) is 2.06. The van der Waals surface area contributed by atoms with Crippen LogP contribution in [0, 0.1) is 5.92 Å². The van der Waals surface area contributed by atoms with Crippen LogP contribution >= 0.6 is 22.9 Å². The number of nitrogens with two attached hydrogens (primary N) is 1. The van der Waals surface area contributed by atoms with E-state index in [0.29, 0.717) is 5.92 Å². The highest BCUT2D eigenvalue weighted by Crippen LogP contribution is 2.34. The summed E-state index contributed by atoms with van der Waals surface area (Å²) in [7, 11) is 2.14. The topological polar surface area (TPSA) is 29.3 Å². The molecule has 0 radical (unpaired) electrons. The molecule has 2 unspecified atom stereocenters. The van der Waals surface area contributed by atoms with E-state index in [2.05, 4.69) is 18.0 Å². The van der Waals surface area contributed by atoms with E-state index in [1.165, 1.54) is 6.42 Å². The highest BCUT2D eigenvalue weighted by molar-refractivity contribution is 7.14. The van der Waals surface area contributed by atoms with Gasteiger partial charge in [0.2, 0.25) is 0 Å². The molecule has 14 heavy (non-hydrogen) atoms. The number of nitrogens with zero attached hydrogens (tertiary/aromatic N) is 1. The molecule has 1 fully saturated rings. The third kappa shape index (κ3) is 1.96. The molecule has 1 saturated heterocycles. The molecule has 0 aromatic carbocycles. The number of likely N-dealkylation sites (tertiary alicyclic amines) is 1. The fourth-order valence-corrected chi connectivity index (χ4v) is 3.08. The van der Waals surface area contributed by atoms with E-state index in [4.69, 9.17) is 17.3 Å². The van der Waals surface area contributed by atoms with Gasteiger partial charge in [-0.3, -0.25) is 0 Å². The zero-order valence-electron chi connectivity index (χ0n) is 8.24. The van der Waals surface area contributed by atoms with Gasteiger partial charge in [0.15, 0.2) is 0 Å². The first-order chi connectivity index (χ1) is 6.68. The van der Waals surface area contributed by atoms with E-state index >= 15 is 0 Å². The van der Waals surface area contributed by atoms with Crippen LogP contribution in [-0.4, -0.2) is 25.0 Å². The number of thiophene rings is 1. The molecular weight excluding hydrogens is 216 g/mol. The summed E-state index contributed by atoms with van der Waals surface area (Å²) in [5.41, 5.74) is 7.33. The molecule has 2 N–H and O–H groups in total. The van der Waals surface area contributed by atoms with E-state index in [1.54, 1.807) is 11.3 Å². The van der Waals surface area contributed by atoms with Crippen LogP contribution in [0.25, 0.3) is 0 Å². The second kappa shape index (κ2) is 4.19. The summed E-state index contributed by atoms with van der Waals surface area (Å²) in [4.78, 5) is 2.32. The second-order valence-electron chi connectivity index (χ2n) is 3.99. The Hall–Kier alpha value is -0.0900. The molecular formula is C10H15ClN2S. The normalized spacial score (nSPS) is 25.5. The van der Waals surface area contributed by atoms with E-state index in [9.17, 15) is 0 Å². The van der Waals surface area contributed by atoms with Crippen LogP contribution in [0.5, 0.6) is 0 Å². The Bertz CT molecular complexity index is 313. The molecule has 1 aromatic heterocycles. The van der Waals surface area contributed by atoms with Crippen molar-refractivity contribution in [2.24, 2.45) is 11.7 Å². The summed E-state index contributed by atoms with van der Waals surface area (Å²) >= 11 is 7.64. The molecule has 78 valence electrons. The Labute approximate surface area is 93.7 Å². The van der Waals surface area contributed by atoms with Crippen LogP contribution in [-0.2, 0) is 0 Å². The Kier molecular flexibility index (Phi) is 3.12. The van der Waals surface area contributed by atoms with Crippen LogP contribution in [0.1, 0.15) is 18.0 Å². The van der Waals surface area contributed by atoms with Gasteiger partial charge in [0, 0.05) is 12.6 Å². The zero-order chi connectivity index (χ0) is 10.1. The first-order valence-electron chi connectivity index (χ1n) is 4.85. The maximum absolute atomic E-state index is 6.20. The van der Waals surface area contributed by atoms with Gasteiger partial charge in [0.1, 0.15) is 0 Å². The Morgan fingerprint density at radius 3 is 3.00 bits per heavy atom. The van der Waals surface area contributed by atoms with Crippen LogP contribution < -0.4 is 5.73 Å². The number of hydrogen-bond donors (Lipinski definition) is 1. The molecule has 1 aliphatic heterocycles. The van der Waals surface area contributed by atoms with Gasteiger partial charge in [-0.1, -0.05) is 11.6 Å². The molecule has 4 heteroatoms. The van der Waals surface area contributed by atoms with Crippen molar-refractivity contribution in [3.8, 4) is 0 Å². The van der Waals surface area contributed by atoms with E-state index in [-0.39, 0.29) is 6.04 Å². The predicted molar refractivity (Wildman–Crippen MR) is 61.9 cm³/mol. The highest BCUT2D eigenvalue weighted by Gasteiger charge is 2.27. The maximum Gasteiger partial charge on any atom is 0.0976 e. The molecule has 0 saturated carbocycles. The van der Waals surface area contributed by atoms with E-state index in [1.807, 2.05) is 5.38 Å². The number of rotatable bonds is 2. The Morgan fingerprint density at radius 2 is 2.50 bits per heavy atom. The zero-order valence-corrected chi connectivity index (χ0v) is 9.81. The molecule has 2 nitrogen and oxygen atoms in total. The first-order valence-corrected chi connectivity index (χ1v) is 6.11. The van der Waals surface area contributed by atoms with Gasteiger partial charge in [0.25, 0.3) is 0 Å². The van der Waals surface area contributed by atoms with Crippen molar-refractivity contribution in [1.29, 1.82) is 0 Å². The Morgan fingerprint density at radius 1 is 1.71 bits per heavy atom. The molecule has 0 aliphatic carbocycles. The smallest absolute Gasteiger partial charge is 0.0976 e. The average Bonchev–Trinajstić information content (AvgIpc) is 2.73. The van der Waals surface area contributed by atoms with Gasteiger partial charge < -0.3 is 10.6 Å². The van der Waals surface area contributed by atoms with Crippen LogP contribution in [0.4, 0.5) is 0 Å². The summed E-state index contributed by atoms with van der Waals surface area (Å²) < 4.78 is 0.854. The lowest BCUT2D eigenvalue weighted by Crippen LogP contribution is -2.24. The summed E-state index contributed by atoms with van der Waals surface area (Å²) in [6, 6.07) is 2.16. The molecule has 2 rings (SSSR count). The van der Waals surface area contributed by atoms with Gasteiger partial charge in [-0.05, 0) is 42.9 Å². The summed E-state index contributed by atoms with van der Waals surface area (Å²) in [5.74, 6) is 0.562. The maximum atomic E-state index is 6.20. The lowest BCUT2D eigenvalue weighted by Gasteiger charge is -2.18. The van der Waals surface area contributed by atoms with Gasteiger partial charge >= 0.3 is 0 Å². The number of halogens is 1. The quantitative estimate of drug-likeness (QED) is 0.845. The third-order valence-electron chi connectivity index (χ3n) is 2.94. The minimum Gasteiger partial charge on any atom is -0.324 e. The van der Waals surface area contributed by atoms with Gasteiger partial charge in [-0.25, -0.2) is 0 Å². The molecule has 1 aromatic rings. The van der Waals surface area contributed by atoms with Gasteiger partial charge in [0.05, 0.1) is 4.34 Å². The summed E-state index contributed by atoms with van der Waals surface area (Å²) in [5, 5.41) is 2.01. The average molecular weight is 231 g/mol.